The number of hydrogen-bond acceptors (Lipinski definition) is 2. The van der Waals surface area contributed by atoms with E-state index in [-0.39, 0.29) is 0 Å². The van der Waals surface area contributed by atoms with E-state index in [4.69, 9.17) is 18.0 Å². The van der Waals surface area contributed by atoms with Gasteiger partial charge in [0.25, 0.3) is 0 Å². The Morgan fingerprint density at radius 2 is 2.00 bits per heavy atom. The van der Waals surface area contributed by atoms with Gasteiger partial charge in [-0.2, -0.15) is 0 Å². The lowest BCUT2D eigenvalue weighted by Crippen LogP contribution is -2.41. The summed E-state index contributed by atoms with van der Waals surface area (Å²) in [5, 5.41) is 0. The van der Waals surface area contributed by atoms with Crippen molar-refractivity contribution in [1.82, 2.24) is 4.90 Å². The molecule has 0 aromatic rings. The van der Waals surface area contributed by atoms with E-state index in [2.05, 4.69) is 32.7 Å². The third kappa shape index (κ3) is 3.70. The molecule has 94 valence electrons. The van der Waals surface area contributed by atoms with E-state index in [9.17, 15) is 0 Å². The smallest absolute Gasteiger partial charge is 0.0768 e. The molecule has 0 aromatic carbocycles. The number of nitrogens with two attached hydrogens (primary N) is 1. The van der Waals surface area contributed by atoms with Crippen LogP contribution in [-0.2, 0) is 0 Å². The molecule has 1 aliphatic carbocycles. The fourth-order valence-corrected chi connectivity index (χ4v) is 2.66. The summed E-state index contributed by atoms with van der Waals surface area (Å²) in [6.45, 7) is 7.87. The first-order valence-corrected chi connectivity index (χ1v) is 6.82. The molecule has 0 spiro atoms. The molecule has 4 unspecified atom stereocenters. The van der Waals surface area contributed by atoms with E-state index < -0.39 is 0 Å². The van der Waals surface area contributed by atoms with Crippen molar-refractivity contribution >= 4 is 17.2 Å². The number of nitrogens with zero attached hydrogens (tertiary/aromatic N) is 1. The molecular formula is C13H26N2S. The Morgan fingerprint density at radius 1 is 1.38 bits per heavy atom. The minimum absolute atomic E-state index is 0.328. The van der Waals surface area contributed by atoms with Crippen LogP contribution in [0, 0.1) is 17.8 Å². The first kappa shape index (κ1) is 13.9. The fourth-order valence-electron chi connectivity index (χ4n) is 2.59. The molecule has 0 radical (unpaired) electrons. The van der Waals surface area contributed by atoms with Crippen LogP contribution in [0.2, 0.25) is 0 Å². The second-order valence-electron chi connectivity index (χ2n) is 5.66. The van der Waals surface area contributed by atoms with Gasteiger partial charge in [0.05, 0.1) is 4.99 Å². The summed E-state index contributed by atoms with van der Waals surface area (Å²) in [5.41, 5.74) is 5.67. The van der Waals surface area contributed by atoms with Crippen LogP contribution in [-0.4, -0.2) is 29.5 Å². The van der Waals surface area contributed by atoms with E-state index in [0.29, 0.717) is 10.9 Å². The predicted octanol–water partition coefficient (Wildman–Crippen LogP) is 2.67. The molecule has 1 fully saturated rings. The normalized spacial score (nSPS) is 32.7. The maximum atomic E-state index is 5.67. The highest BCUT2D eigenvalue weighted by molar-refractivity contribution is 7.80. The minimum Gasteiger partial charge on any atom is -0.393 e. The molecule has 3 heteroatoms. The van der Waals surface area contributed by atoms with Crippen LogP contribution in [0.1, 0.15) is 40.0 Å². The standard InChI is InChI=1S/C13H26N2S/c1-9-5-6-12(7-10(9)2)15(4)8-11(3)13(14)16/h9-12H,5-8H2,1-4H3,(H2,14,16). The van der Waals surface area contributed by atoms with Gasteiger partial charge in [0.2, 0.25) is 0 Å². The van der Waals surface area contributed by atoms with Crippen LogP contribution in [0.25, 0.3) is 0 Å². The Kier molecular flexibility index (Phi) is 5.19. The first-order chi connectivity index (χ1) is 7.41. The number of thiocarbonyl (C=S) groups is 1. The topological polar surface area (TPSA) is 29.3 Å². The summed E-state index contributed by atoms with van der Waals surface area (Å²) >= 11 is 5.03. The molecule has 1 rings (SSSR count). The molecule has 4 atom stereocenters. The molecule has 0 saturated heterocycles. The second kappa shape index (κ2) is 5.97. The molecule has 0 amide bonds. The Morgan fingerprint density at radius 3 is 2.50 bits per heavy atom. The van der Waals surface area contributed by atoms with E-state index in [1.807, 2.05) is 0 Å². The summed E-state index contributed by atoms with van der Waals surface area (Å²) in [7, 11) is 2.21. The Bertz CT molecular complexity index is 242. The highest BCUT2D eigenvalue weighted by Gasteiger charge is 2.27. The van der Waals surface area contributed by atoms with Crippen molar-refractivity contribution in [3.8, 4) is 0 Å². The molecule has 0 aliphatic heterocycles. The van der Waals surface area contributed by atoms with Gasteiger partial charge in [-0.15, -0.1) is 0 Å². The molecule has 0 heterocycles. The van der Waals surface area contributed by atoms with E-state index in [0.717, 1.165) is 24.4 Å². The van der Waals surface area contributed by atoms with Gasteiger partial charge >= 0.3 is 0 Å². The SMILES string of the molecule is CC(CN(C)C1CCC(C)C(C)C1)C(N)=S. The minimum atomic E-state index is 0.328. The molecule has 2 N–H and O–H groups in total. The monoisotopic (exact) mass is 242 g/mol. The zero-order valence-electron chi connectivity index (χ0n) is 11.1. The number of hydrogen-bond donors (Lipinski definition) is 1. The first-order valence-electron chi connectivity index (χ1n) is 6.41. The van der Waals surface area contributed by atoms with Gasteiger partial charge in [0.15, 0.2) is 0 Å². The van der Waals surface area contributed by atoms with Crippen LogP contribution < -0.4 is 5.73 Å². The third-order valence-corrected chi connectivity index (χ3v) is 4.64. The molecule has 1 aliphatic rings. The van der Waals surface area contributed by atoms with Crippen molar-refractivity contribution in [2.24, 2.45) is 23.5 Å². The lowest BCUT2D eigenvalue weighted by molar-refractivity contribution is 0.126. The van der Waals surface area contributed by atoms with Gasteiger partial charge in [0.1, 0.15) is 0 Å². The van der Waals surface area contributed by atoms with E-state index in [1.165, 1.54) is 19.3 Å². The maximum absolute atomic E-state index is 5.67. The van der Waals surface area contributed by atoms with Crippen molar-refractivity contribution < 1.29 is 0 Å². The summed E-state index contributed by atoms with van der Waals surface area (Å²) in [4.78, 5) is 3.09. The van der Waals surface area contributed by atoms with Gasteiger partial charge in [-0.1, -0.05) is 33.0 Å². The van der Waals surface area contributed by atoms with Gasteiger partial charge in [-0.05, 0) is 38.1 Å². The van der Waals surface area contributed by atoms with Crippen molar-refractivity contribution in [3.63, 3.8) is 0 Å². The summed E-state index contributed by atoms with van der Waals surface area (Å²) in [6, 6.07) is 0.725. The van der Waals surface area contributed by atoms with Gasteiger partial charge in [0, 0.05) is 18.5 Å². The summed E-state index contributed by atoms with van der Waals surface area (Å²) in [5.74, 6) is 2.06. The van der Waals surface area contributed by atoms with E-state index in [1.54, 1.807) is 0 Å². The zero-order valence-corrected chi connectivity index (χ0v) is 11.9. The molecule has 0 bridgehead atoms. The van der Waals surface area contributed by atoms with Crippen LogP contribution in [0.3, 0.4) is 0 Å². The molecule has 1 saturated carbocycles. The Hall–Kier alpha value is -0.150. The lowest BCUT2D eigenvalue weighted by Gasteiger charge is -2.38. The zero-order chi connectivity index (χ0) is 12.3. The Balaban J connectivity index is 2.42. The molecule has 16 heavy (non-hydrogen) atoms. The van der Waals surface area contributed by atoms with Gasteiger partial charge in [-0.25, -0.2) is 0 Å². The average molecular weight is 242 g/mol. The highest BCUT2D eigenvalue weighted by atomic mass is 32.1. The van der Waals surface area contributed by atoms with Gasteiger partial charge in [-0.3, -0.25) is 0 Å². The maximum Gasteiger partial charge on any atom is 0.0768 e. The molecule has 0 aromatic heterocycles. The van der Waals surface area contributed by atoms with Crippen molar-refractivity contribution in [2.75, 3.05) is 13.6 Å². The van der Waals surface area contributed by atoms with Crippen molar-refractivity contribution in [3.05, 3.63) is 0 Å². The predicted molar refractivity (Wildman–Crippen MR) is 74.5 cm³/mol. The van der Waals surface area contributed by atoms with Crippen molar-refractivity contribution in [1.29, 1.82) is 0 Å². The lowest BCUT2D eigenvalue weighted by atomic mass is 9.78. The van der Waals surface area contributed by atoms with Crippen LogP contribution in [0.4, 0.5) is 0 Å². The summed E-state index contributed by atoms with van der Waals surface area (Å²) in [6.07, 6.45) is 4.01. The molecular weight excluding hydrogens is 216 g/mol. The summed E-state index contributed by atoms with van der Waals surface area (Å²) < 4.78 is 0. The average Bonchev–Trinajstić information content (AvgIpc) is 2.21. The highest BCUT2D eigenvalue weighted by Crippen LogP contribution is 2.31. The Labute approximate surface area is 106 Å². The molecule has 2 nitrogen and oxygen atoms in total. The van der Waals surface area contributed by atoms with Crippen LogP contribution >= 0.6 is 12.2 Å². The van der Waals surface area contributed by atoms with Crippen LogP contribution in [0.5, 0.6) is 0 Å². The van der Waals surface area contributed by atoms with Crippen molar-refractivity contribution in [2.45, 2.75) is 46.1 Å². The largest absolute Gasteiger partial charge is 0.393 e. The quantitative estimate of drug-likeness (QED) is 0.769. The number of rotatable bonds is 4. The van der Waals surface area contributed by atoms with E-state index >= 15 is 0 Å². The van der Waals surface area contributed by atoms with Gasteiger partial charge < -0.3 is 10.6 Å². The second-order valence-corrected chi connectivity index (χ2v) is 6.14. The fraction of sp³-hybridized carbons (Fsp3) is 0.923. The van der Waals surface area contributed by atoms with Crippen LogP contribution in [0.15, 0.2) is 0 Å². The third-order valence-electron chi connectivity index (χ3n) is 4.24.